The maximum absolute atomic E-state index is 12.9. The summed E-state index contributed by atoms with van der Waals surface area (Å²) in [5.41, 5.74) is 1.21. The lowest BCUT2D eigenvalue weighted by molar-refractivity contribution is 0.251. The summed E-state index contributed by atoms with van der Waals surface area (Å²) in [5.74, 6) is 0.605. The lowest BCUT2D eigenvalue weighted by Crippen LogP contribution is -2.28. The molecule has 0 aromatic heterocycles. The van der Waals surface area contributed by atoms with Crippen molar-refractivity contribution in [2.24, 2.45) is 5.92 Å². The standard InChI is InChI=1S/C16H25FN2/c1-3-9-18-11-14-8-10-19(12-14)13(2)15-4-6-16(17)7-5-15/h4-7,13-14,18H,3,8-12H2,1-2H3. The second-order valence-electron chi connectivity index (χ2n) is 5.58. The van der Waals surface area contributed by atoms with Crippen molar-refractivity contribution >= 4 is 0 Å². The molecule has 0 aliphatic carbocycles. The van der Waals surface area contributed by atoms with E-state index in [9.17, 15) is 4.39 Å². The molecule has 1 aliphatic heterocycles. The molecule has 2 rings (SSSR count). The van der Waals surface area contributed by atoms with Crippen LogP contribution in [0, 0.1) is 11.7 Å². The zero-order chi connectivity index (χ0) is 13.7. The molecule has 2 atom stereocenters. The van der Waals surface area contributed by atoms with Crippen molar-refractivity contribution in [1.29, 1.82) is 0 Å². The Labute approximate surface area is 116 Å². The predicted molar refractivity (Wildman–Crippen MR) is 77.7 cm³/mol. The highest BCUT2D eigenvalue weighted by atomic mass is 19.1. The highest BCUT2D eigenvalue weighted by Crippen LogP contribution is 2.27. The molecular weight excluding hydrogens is 239 g/mol. The Morgan fingerprint density at radius 2 is 2.11 bits per heavy atom. The van der Waals surface area contributed by atoms with Gasteiger partial charge in [0.2, 0.25) is 0 Å². The van der Waals surface area contributed by atoms with E-state index in [1.807, 2.05) is 12.1 Å². The Hall–Kier alpha value is -0.930. The minimum absolute atomic E-state index is 0.154. The molecule has 3 heteroatoms. The largest absolute Gasteiger partial charge is 0.316 e. The summed E-state index contributed by atoms with van der Waals surface area (Å²) >= 11 is 0. The lowest BCUT2D eigenvalue weighted by Gasteiger charge is -2.25. The van der Waals surface area contributed by atoms with E-state index in [1.54, 1.807) is 12.1 Å². The number of halogens is 1. The van der Waals surface area contributed by atoms with E-state index in [-0.39, 0.29) is 5.82 Å². The Morgan fingerprint density at radius 1 is 1.37 bits per heavy atom. The van der Waals surface area contributed by atoms with Gasteiger partial charge >= 0.3 is 0 Å². The first-order valence-electron chi connectivity index (χ1n) is 7.41. The Morgan fingerprint density at radius 3 is 2.79 bits per heavy atom. The molecule has 2 unspecified atom stereocenters. The molecule has 1 fully saturated rings. The van der Waals surface area contributed by atoms with E-state index < -0.39 is 0 Å². The van der Waals surface area contributed by atoms with Gasteiger partial charge in [-0.1, -0.05) is 19.1 Å². The molecule has 0 saturated carbocycles. The Balaban J connectivity index is 1.84. The highest BCUT2D eigenvalue weighted by molar-refractivity contribution is 5.19. The van der Waals surface area contributed by atoms with Crippen LogP contribution in [0.4, 0.5) is 4.39 Å². The summed E-state index contributed by atoms with van der Waals surface area (Å²) in [4.78, 5) is 2.51. The maximum Gasteiger partial charge on any atom is 0.123 e. The van der Waals surface area contributed by atoms with Gasteiger partial charge in [0.1, 0.15) is 5.82 Å². The van der Waals surface area contributed by atoms with Crippen molar-refractivity contribution in [2.45, 2.75) is 32.7 Å². The maximum atomic E-state index is 12.9. The average molecular weight is 264 g/mol. The number of benzene rings is 1. The van der Waals surface area contributed by atoms with E-state index in [2.05, 4.69) is 24.1 Å². The van der Waals surface area contributed by atoms with Crippen LogP contribution >= 0.6 is 0 Å². The fourth-order valence-electron chi connectivity index (χ4n) is 2.82. The third kappa shape index (κ3) is 4.02. The van der Waals surface area contributed by atoms with Gasteiger partial charge in [0.05, 0.1) is 0 Å². The Kier molecular flexibility index (Phi) is 5.34. The van der Waals surface area contributed by atoms with Crippen LogP contribution in [0.2, 0.25) is 0 Å². The van der Waals surface area contributed by atoms with Crippen LogP contribution in [-0.4, -0.2) is 31.1 Å². The normalized spacial score (nSPS) is 21.7. The van der Waals surface area contributed by atoms with Crippen LogP contribution in [0.1, 0.15) is 38.3 Å². The quantitative estimate of drug-likeness (QED) is 0.794. The van der Waals surface area contributed by atoms with Crippen LogP contribution in [0.15, 0.2) is 24.3 Å². The molecule has 1 saturated heterocycles. The minimum atomic E-state index is -0.154. The first-order valence-corrected chi connectivity index (χ1v) is 7.41. The number of nitrogens with zero attached hydrogens (tertiary/aromatic N) is 1. The second-order valence-corrected chi connectivity index (χ2v) is 5.58. The average Bonchev–Trinajstić information content (AvgIpc) is 2.88. The van der Waals surface area contributed by atoms with E-state index in [4.69, 9.17) is 0 Å². The van der Waals surface area contributed by atoms with Crippen molar-refractivity contribution in [3.8, 4) is 0 Å². The number of hydrogen-bond donors (Lipinski definition) is 1. The topological polar surface area (TPSA) is 15.3 Å². The first kappa shape index (κ1) is 14.5. The molecule has 0 radical (unpaired) electrons. The van der Waals surface area contributed by atoms with E-state index in [0.29, 0.717) is 6.04 Å². The molecule has 1 aliphatic rings. The summed E-state index contributed by atoms with van der Waals surface area (Å²) in [6.45, 7) is 8.95. The molecule has 1 heterocycles. The summed E-state index contributed by atoms with van der Waals surface area (Å²) in [6.07, 6.45) is 2.46. The van der Waals surface area contributed by atoms with Crippen LogP contribution in [0.25, 0.3) is 0 Å². The third-order valence-electron chi connectivity index (χ3n) is 4.08. The molecule has 106 valence electrons. The second kappa shape index (κ2) is 7.01. The fraction of sp³-hybridized carbons (Fsp3) is 0.625. The van der Waals surface area contributed by atoms with Crippen molar-refractivity contribution in [1.82, 2.24) is 10.2 Å². The monoisotopic (exact) mass is 264 g/mol. The van der Waals surface area contributed by atoms with Crippen LogP contribution in [-0.2, 0) is 0 Å². The van der Waals surface area contributed by atoms with E-state index in [1.165, 1.54) is 18.4 Å². The molecule has 19 heavy (non-hydrogen) atoms. The fourth-order valence-corrected chi connectivity index (χ4v) is 2.82. The van der Waals surface area contributed by atoms with Crippen molar-refractivity contribution < 1.29 is 4.39 Å². The molecule has 0 amide bonds. The number of likely N-dealkylation sites (tertiary alicyclic amines) is 1. The summed E-state index contributed by atoms with van der Waals surface area (Å²) in [7, 11) is 0. The SMILES string of the molecule is CCCNCC1CCN(C(C)c2ccc(F)cc2)C1. The van der Waals surface area contributed by atoms with Gasteiger partial charge < -0.3 is 5.32 Å². The van der Waals surface area contributed by atoms with Gasteiger partial charge in [-0.2, -0.15) is 0 Å². The molecule has 1 N–H and O–H groups in total. The van der Waals surface area contributed by atoms with Crippen molar-refractivity contribution in [3.63, 3.8) is 0 Å². The van der Waals surface area contributed by atoms with Gasteiger partial charge in [0, 0.05) is 12.6 Å². The van der Waals surface area contributed by atoms with Crippen molar-refractivity contribution in [2.75, 3.05) is 26.2 Å². The zero-order valence-electron chi connectivity index (χ0n) is 12.0. The van der Waals surface area contributed by atoms with Gasteiger partial charge in [0.15, 0.2) is 0 Å². The van der Waals surface area contributed by atoms with Gasteiger partial charge in [-0.15, -0.1) is 0 Å². The smallest absolute Gasteiger partial charge is 0.123 e. The molecule has 0 bridgehead atoms. The van der Waals surface area contributed by atoms with Gasteiger partial charge in [-0.3, -0.25) is 4.90 Å². The van der Waals surface area contributed by atoms with Gasteiger partial charge in [-0.25, -0.2) is 4.39 Å². The highest BCUT2D eigenvalue weighted by Gasteiger charge is 2.26. The number of nitrogens with one attached hydrogen (secondary N) is 1. The van der Waals surface area contributed by atoms with Gasteiger partial charge in [0.25, 0.3) is 0 Å². The molecule has 2 nitrogen and oxygen atoms in total. The van der Waals surface area contributed by atoms with E-state index in [0.717, 1.165) is 32.1 Å². The number of rotatable bonds is 6. The minimum Gasteiger partial charge on any atom is -0.316 e. The summed E-state index contributed by atoms with van der Waals surface area (Å²) in [5, 5.41) is 3.51. The molecule has 1 aromatic carbocycles. The predicted octanol–water partition coefficient (Wildman–Crippen LogP) is 3.21. The zero-order valence-corrected chi connectivity index (χ0v) is 12.0. The molecule has 1 aromatic rings. The summed E-state index contributed by atoms with van der Waals surface area (Å²) in [6, 6.07) is 7.31. The molecule has 0 spiro atoms. The van der Waals surface area contributed by atoms with E-state index >= 15 is 0 Å². The Bertz CT molecular complexity index is 377. The van der Waals surface area contributed by atoms with Crippen LogP contribution < -0.4 is 5.32 Å². The summed E-state index contributed by atoms with van der Waals surface area (Å²) < 4.78 is 12.9. The third-order valence-corrected chi connectivity index (χ3v) is 4.08. The first-order chi connectivity index (χ1) is 9.20. The lowest BCUT2D eigenvalue weighted by atomic mass is 10.1. The molecular formula is C16H25FN2. The number of hydrogen-bond acceptors (Lipinski definition) is 2. The van der Waals surface area contributed by atoms with Gasteiger partial charge in [-0.05, 0) is 63.0 Å². The van der Waals surface area contributed by atoms with Crippen molar-refractivity contribution in [3.05, 3.63) is 35.6 Å². The van der Waals surface area contributed by atoms with Crippen LogP contribution in [0.5, 0.6) is 0 Å². The van der Waals surface area contributed by atoms with Crippen LogP contribution in [0.3, 0.4) is 0 Å².